The topological polar surface area (TPSA) is 60.7 Å². The maximum absolute atomic E-state index is 13.6. The molecule has 1 aliphatic heterocycles. The van der Waals surface area contributed by atoms with Crippen LogP contribution in [0.15, 0.2) is 93.5 Å². The fourth-order valence-corrected chi connectivity index (χ4v) is 5.62. The summed E-state index contributed by atoms with van der Waals surface area (Å²) in [6, 6.07) is 22.4. The van der Waals surface area contributed by atoms with Crippen LogP contribution in [0.4, 0.5) is 0 Å². The van der Waals surface area contributed by atoms with Crippen molar-refractivity contribution in [2.45, 2.75) is 13.0 Å². The molecule has 7 heteroatoms. The van der Waals surface area contributed by atoms with Crippen molar-refractivity contribution in [2.24, 2.45) is 4.99 Å². The Morgan fingerprint density at radius 3 is 2.45 bits per heavy atom. The average Bonchev–Trinajstić information content (AvgIpc) is 3.47. The third-order valence-electron chi connectivity index (χ3n) is 5.31. The number of esters is 1. The second-order valence-electron chi connectivity index (χ2n) is 7.36. The standard InChI is InChI=1S/C26H20N2O3S2/c1-2-31-25(30)21-22(17-10-5-3-6-11-17)27-26-28(23(21)18-12-7-4-8-13-18)24(29)20(33-26)16-19-14-9-15-32-19/h3-16,23H,2H2,1H3/b20-16-/t23-/m0/s1. The van der Waals surface area contributed by atoms with Gasteiger partial charge in [0.25, 0.3) is 5.56 Å². The number of ether oxygens (including phenoxy) is 1. The van der Waals surface area contributed by atoms with Crippen molar-refractivity contribution in [3.63, 3.8) is 0 Å². The maximum atomic E-state index is 13.6. The molecule has 0 spiro atoms. The van der Waals surface area contributed by atoms with Crippen molar-refractivity contribution in [1.82, 2.24) is 4.57 Å². The van der Waals surface area contributed by atoms with Crippen LogP contribution in [0.5, 0.6) is 0 Å². The van der Waals surface area contributed by atoms with Gasteiger partial charge in [0.15, 0.2) is 4.80 Å². The van der Waals surface area contributed by atoms with E-state index in [2.05, 4.69) is 0 Å². The molecular weight excluding hydrogens is 452 g/mol. The van der Waals surface area contributed by atoms with Gasteiger partial charge in [0.1, 0.15) is 0 Å². The molecule has 0 bridgehead atoms. The van der Waals surface area contributed by atoms with Gasteiger partial charge in [-0.2, -0.15) is 0 Å². The first-order chi connectivity index (χ1) is 16.2. The van der Waals surface area contributed by atoms with Crippen molar-refractivity contribution in [2.75, 3.05) is 6.61 Å². The molecule has 0 saturated heterocycles. The van der Waals surface area contributed by atoms with E-state index in [0.29, 0.717) is 20.6 Å². The van der Waals surface area contributed by atoms with Gasteiger partial charge < -0.3 is 4.74 Å². The minimum atomic E-state index is -0.637. The van der Waals surface area contributed by atoms with E-state index in [-0.39, 0.29) is 12.2 Å². The van der Waals surface area contributed by atoms with Crippen LogP contribution in [0, 0.1) is 0 Å². The smallest absolute Gasteiger partial charge is 0.338 e. The Labute approximate surface area is 198 Å². The van der Waals surface area contributed by atoms with E-state index in [0.717, 1.165) is 16.0 Å². The van der Waals surface area contributed by atoms with Gasteiger partial charge in [-0.1, -0.05) is 78.1 Å². The fourth-order valence-electron chi connectivity index (χ4n) is 3.89. The lowest BCUT2D eigenvalue weighted by Gasteiger charge is -2.25. The molecule has 4 aromatic rings. The lowest BCUT2D eigenvalue weighted by molar-refractivity contribution is -0.138. The number of carbonyl (C=O) groups excluding carboxylic acids is 1. The minimum Gasteiger partial charge on any atom is -0.463 e. The highest BCUT2D eigenvalue weighted by Gasteiger charge is 2.35. The van der Waals surface area contributed by atoms with Crippen LogP contribution in [0.1, 0.15) is 29.0 Å². The summed E-state index contributed by atoms with van der Waals surface area (Å²) in [7, 11) is 0. The summed E-state index contributed by atoms with van der Waals surface area (Å²) < 4.78 is 7.66. The minimum absolute atomic E-state index is 0.171. The van der Waals surface area contributed by atoms with Crippen LogP contribution in [0.2, 0.25) is 0 Å². The van der Waals surface area contributed by atoms with E-state index in [4.69, 9.17) is 9.73 Å². The molecule has 0 fully saturated rings. The van der Waals surface area contributed by atoms with E-state index in [9.17, 15) is 9.59 Å². The monoisotopic (exact) mass is 472 g/mol. The number of rotatable bonds is 5. The van der Waals surface area contributed by atoms with Gasteiger partial charge in [0.2, 0.25) is 0 Å². The van der Waals surface area contributed by atoms with Crippen LogP contribution < -0.4 is 14.9 Å². The Hall–Kier alpha value is -3.55. The summed E-state index contributed by atoms with van der Waals surface area (Å²) in [4.78, 5) is 33.3. The predicted molar refractivity (Wildman–Crippen MR) is 132 cm³/mol. The van der Waals surface area contributed by atoms with E-state index < -0.39 is 12.0 Å². The van der Waals surface area contributed by atoms with Gasteiger partial charge in [0, 0.05) is 10.4 Å². The van der Waals surface area contributed by atoms with Crippen molar-refractivity contribution in [3.05, 3.63) is 119 Å². The zero-order valence-corrected chi connectivity index (χ0v) is 19.4. The van der Waals surface area contributed by atoms with Gasteiger partial charge in [-0.3, -0.25) is 9.36 Å². The normalized spacial score (nSPS) is 15.8. The van der Waals surface area contributed by atoms with Crippen LogP contribution in [-0.4, -0.2) is 17.1 Å². The van der Waals surface area contributed by atoms with Crippen LogP contribution >= 0.6 is 22.7 Å². The highest BCUT2D eigenvalue weighted by molar-refractivity contribution is 7.11. The number of hydrogen-bond acceptors (Lipinski definition) is 6. The van der Waals surface area contributed by atoms with Gasteiger partial charge in [-0.15, -0.1) is 11.3 Å². The number of nitrogens with zero attached hydrogens (tertiary/aromatic N) is 2. The Morgan fingerprint density at radius 2 is 1.79 bits per heavy atom. The maximum Gasteiger partial charge on any atom is 0.338 e. The molecule has 1 atom stereocenters. The fraction of sp³-hybridized carbons (Fsp3) is 0.115. The first-order valence-electron chi connectivity index (χ1n) is 10.5. The highest BCUT2D eigenvalue weighted by atomic mass is 32.1. The van der Waals surface area contributed by atoms with Gasteiger partial charge in [-0.05, 0) is 30.0 Å². The molecule has 1 aliphatic rings. The summed E-state index contributed by atoms with van der Waals surface area (Å²) >= 11 is 2.90. The summed E-state index contributed by atoms with van der Waals surface area (Å²) in [6.45, 7) is 2.00. The molecule has 0 amide bonds. The molecule has 0 N–H and O–H groups in total. The first-order valence-corrected chi connectivity index (χ1v) is 12.2. The molecule has 164 valence electrons. The van der Waals surface area contributed by atoms with Crippen molar-refractivity contribution in [3.8, 4) is 0 Å². The summed E-state index contributed by atoms with van der Waals surface area (Å²) in [5, 5.41) is 1.97. The molecule has 2 aromatic carbocycles. The average molecular weight is 473 g/mol. The van der Waals surface area contributed by atoms with Crippen molar-refractivity contribution < 1.29 is 9.53 Å². The Morgan fingerprint density at radius 1 is 1.06 bits per heavy atom. The zero-order valence-electron chi connectivity index (χ0n) is 17.8. The first kappa shape index (κ1) is 21.3. The molecule has 3 heterocycles. The van der Waals surface area contributed by atoms with Crippen LogP contribution in [-0.2, 0) is 9.53 Å². The number of thiophene rings is 1. The van der Waals surface area contributed by atoms with E-state index in [1.165, 1.54) is 11.3 Å². The molecule has 0 saturated carbocycles. The number of carbonyl (C=O) groups is 1. The lowest BCUT2D eigenvalue weighted by atomic mass is 9.93. The predicted octanol–water partition coefficient (Wildman–Crippen LogP) is 4.00. The molecule has 0 aliphatic carbocycles. The SMILES string of the molecule is CCOC(=O)C1=C(c2ccccc2)N=c2s/c(=C\c3cccs3)c(=O)n2[C@H]1c1ccccc1. The third kappa shape index (κ3) is 4.01. The van der Waals surface area contributed by atoms with E-state index in [1.807, 2.05) is 84.3 Å². The number of thiazole rings is 1. The molecule has 5 nitrogen and oxygen atoms in total. The van der Waals surface area contributed by atoms with Gasteiger partial charge in [0.05, 0.1) is 28.5 Å². The largest absolute Gasteiger partial charge is 0.463 e. The van der Waals surface area contributed by atoms with Crippen molar-refractivity contribution >= 4 is 40.4 Å². The van der Waals surface area contributed by atoms with Crippen LogP contribution in [0.25, 0.3) is 11.8 Å². The van der Waals surface area contributed by atoms with Gasteiger partial charge in [-0.25, -0.2) is 9.79 Å². The second-order valence-corrected chi connectivity index (χ2v) is 9.35. The second kappa shape index (κ2) is 9.13. The van der Waals surface area contributed by atoms with Gasteiger partial charge >= 0.3 is 5.97 Å². The quantitative estimate of drug-likeness (QED) is 0.413. The number of fused-ring (bicyclic) bond motifs is 1. The summed E-state index contributed by atoms with van der Waals surface area (Å²) in [5.41, 5.74) is 2.36. The number of benzene rings is 2. The number of hydrogen-bond donors (Lipinski definition) is 0. The molecule has 0 radical (unpaired) electrons. The third-order valence-corrected chi connectivity index (χ3v) is 7.11. The number of aromatic nitrogens is 1. The molecule has 2 aromatic heterocycles. The molecular formula is C26H20N2O3S2. The Balaban J connectivity index is 1.85. The van der Waals surface area contributed by atoms with Crippen molar-refractivity contribution in [1.29, 1.82) is 0 Å². The van der Waals surface area contributed by atoms with E-state index >= 15 is 0 Å². The summed E-state index contributed by atoms with van der Waals surface area (Å²) in [5.74, 6) is -0.471. The molecule has 5 rings (SSSR count). The Kier molecular flexibility index (Phi) is 5.90. The molecule has 33 heavy (non-hydrogen) atoms. The lowest BCUT2D eigenvalue weighted by Crippen LogP contribution is -2.39. The van der Waals surface area contributed by atoms with E-state index in [1.54, 1.807) is 22.8 Å². The van der Waals surface area contributed by atoms with Crippen LogP contribution in [0.3, 0.4) is 0 Å². The highest BCUT2D eigenvalue weighted by Crippen LogP contribution is 2.35. The Bertz CT molecular complexity index is 1500. The zero-order chi connectivity index (χ0) is 22.8. The summed E-state index contributed by atoms with van der Waals surface area (Å²) in [6.07, 6.45) is 1.88. The molecule has 0 unspecified atom stereocenters.